The molecule has 0 aromatic rings. The molecular formula is C26H51NO5. The Balaban J connectivity index is 0. The van der Waals surface area contributed by atoms with E-state index in [4.69, 9.17) is 9.47 Å². The van der Waals surface area contributed by atoms with Crippen molar-refractivity contribution in [3.8, 4) is 0 Å². The van der Waals surface area contributed by atoms with Crippen molar-refractivity contribution in [1.29, 1.82) is 0 Å². The normalized spacial score (nSPS) is 12.1. The zero-order chi connectivity index (χ0) is 25.5. The molecule has 0 rings (SSSR count). The fraction of sp³-hybridized carbons (Fsp3) is 0.885. The first kappa shape index (κ1) is 32.9. The van der Waals surface area contributed by atoms with Crippen LogP contribution < -0.4 is 5.32 Å². The second-order valence-electron chi connectivity index (χ2n) is 10.7. The van der Waals surface area contributed by atoms with Crippen molar-refractivity contribution < 1.29 is 23.9 Å². The van der Waals surface area contributed by atoms with Gasteiger partial charge in [-0.25, -0.2) is 0 Å². The van der Waals surface area contributed by atoms with Crippen LogP contribution >= 0.6 is 0 Å². The third-order valence-electron chi connectivity index (χ3n) is 4.83. The van der Waals surface area contributed by atoms with Gasteiger partial charge in [-0.2, -0.15) is 0 Å². The highest BCUT2D eigenvalue weighted by atomic mass is 16.5. The van der Waals surface area contributed by atoms with E-state index in [1.54, 1.807) is 0 Å². The van der Waals surface area contributed by atoms with Crippen LogP contribution in [0.15, 0.2) is 0 Å². The topological polar surface area (TPSA) is 81.7 Å². The first-order chi connectivity index (χ1) is 14.7. The third-order valence-corrected chi connectivity index (χ3v) is 4.83. The molecule has 0 aliphatic carbocycles. The molecule has 0 atom stereocenters. The number of carbonyl (C=O) groups excluding carboxylic acids is 3. The predicted molar refractivity (Wildman–Crippen MR) is 132 cm³/mol. The molecule has 0 radical (unpaired) electrons. The quantitative estimate of drug-likeness (QED) is 0.341. The number of nitrogens with one attached hydrogen (secondary N) is 1. The summed E-state index contributed by atoms with van der Waals surface area (Å²) in [5.41, 5.74) is -0.504. The standard InChI is InChI=1S/C24H45NO5.C2H6/c1-17(2)20(26)10-12-29-14-19(15-30-13-11-21(27)18(3)4)25-22(28)24(8,9)16-23(5,6)7;1-2/h17-19H,10-16H2,1-9H3,(H,25,28);1-2H3. The van der Waals surface area contributed by atoms with E-state index in [1.807, 2.05) is 55.4 Å². The van der Waals surface area contributed by atoms with Gasteiger partial charge in [0.25, 0.3) is 0 Å². The van der Waals surface area contributed by atoms with Gasteiger partial charge >= 0.3 is 0 Å². The van der Waals surface area contributed by atoms with Gasteiger partial charge in [-0.1, -0.05) is 76.2 Å². The van der Waals surface area contributed by atoms with Gasteiger partial charge in [-0.05, 0) is 11.8 Å². The first-order valence-electron chi connectivity index (χ1n) is 12.2. The lowest BCUT2D eigenvalue weighted by atomic mass is 9.75. The molecule has 0 saturated carbocycles. The Bertz CT molecular complexity index is 519. The van der Waals surface area contributed by atoms with Crippen LogP contribution in [0.4, 0.5) is 0 Å². The smallest absolute Gasteiger partial charge is 0.226 e. The molecule has 0 unspecified atom stereocenters. The summed E-state index contributed by atoms with van der Waals surface area (Å²) in [4.78, 5) is 36.4. The summed E-state index contributed by atoms with van der Waals surface area (Å²) in [5, 5.41) is 3.04. The average Bonchev–Trinajstić information content (AvgIpc) is 2.67. The van der Waals surface area contributed by atoms with Crippen molar-refractivity contribution in [3.05, 3.63) is 0 Å². The molecule has 6 heteroatoms. The molecular weight excluding hydrogens is 406 g/mol. The van der Waals surface area contributed by atoms with E-state index in [1.165, 1.54) is 0 Å². The second kappa shape index (κ2) is 16.4. The SMILES string of the molecule is CC.CC(C)C(=O)CCOCC(COCCC(=O)C(C)C)NC(=O)C(C)(C)CC(C)(C)C. The lowest BCUT2D eigenvalue weighted by molar-refractivity contribution is -0.133. The van der Waals surface area contributed by atoms with Crippen molar-refractivity contribution in [2.75, 3.05) is 26.4 Å². The molecule has 0 aromatic carbocycles. The third kappa shape index (κ3) is 16.4. The van der Waals surface area contributed by atoms with Crippen molar-refractivity contribution in [1.82, 2.24) is 5.32 Å². The molecule has 0 heterocycles. The van der Waals surface area contributed by atoms with Gasteiger partial charge in [0.15, 0.2) is 0 Å². The maximum atomic E-state index is 12.9. The van der Waals surface area contributed by atoms with Gasteiger partial charge in [0.2, 0.25) is 5.91 Å². The highest BCUT2D eigenvalue weighted by Crippen LogP contribution is 2.33. The van der Waals surface area contributed by atoms with Crippen molar-refractivity contribution in [3.63, 3.8) is 0 Å². The number of amides is 1. The summed E-state index contributed by atoms with van der Waals surface area (Å²) in [7, 11) is 0. The first-order valence-corrected chi connectivity index (χ1v) is 12.2. The van der Waals surface area contributed by atoms with Gasteiger partial charge in [0, 0.05) is 30.1 Å². The molecule has 0 saturated heterocycles. The monoisotopic (exact) mass is 457 g/mol. The van der Waals surface area contributed by atoms with Crippen LogP contribution in [0.2, 0.25) is 0 Å². The highest BCUT2D eigenvalue weighted by Gasteiger charge is 2.33. The van der Waals surface area contributed by atoms with E-state index < -0.39 is 5.41 Å². The molecule has 32 heavy (non-hydrogen) atoms. The van der Waals surface area contributed by atoms with E-state index >= 15 is 0 Å². The summed E-state index contributed by atoms with van der Waals surface area (Å²) in [6, 6.07) is -0.333. The zero-order valence-corrected chi connectivity index (χ0v) is 22.7. The Kier molecular flexibility index (Phi) is 16.8. The van der Waals surface area contributed by atoms with Gasteiger partial charge in [0.05, 0.1) is 32.5 Å². The van der Waals surface area contributed by atoms with Crippen LogP contribution in [-0.4, -0.2) is 49.9 Å². The Morgan fingerprint density at radius 1 is 0.750 bits per heavy atom. The van der Waals surface area contributed by atoms with Crippen LogP contribution in [-0.2, 0) is 23.9 Å². The number of hydrogen-bond donors (Lipinski definition) is 1. The molecule has 0 spiro atoms. The van der Waals surface area contributed by atoms with E-state index in [0.29, 0.717) is 26.1 Å². The maximum Gasteiger partial charge on any atom is 0.226 e. The van der Waals surface area contributed by atoms with E-state index in [-0.39, 0.29) is 54.0 Å². The van der Waals surface area contributed by atoms with E-state index in [2.05, 4.69) is 26.1 Å². The minimum absolute atomic E-state index is 0.0101. The molecule has 0 bridgehead atoms. The van der Waals surface area contributed by atoms with Gasteiger partial charge < -0.3 is 14.8 Å². The summed E-state index contributed by atoms with van der Waals surface area (Å²) < 4.78 is 11.3. The molecule has 0 fully saturated rings. The Morgan fingerprint density at radius 3 is 1.44 bits per heavy atom. The van der Waals surface area contributed by atoms with Gasteiger partial charge in [0.1, 0.15) is 11.6 Å². The number of carbonyl (C=O) groups is 3. The van der Waals surface area contributed by atoms with Crippen LogP contribution in [0.1, 0.15) is 95.4 Å². The molecule has 0 aromatic heterocycles. The van der Waals surface area contributed by atoms with Gasteiger partial charge in [-0.15, -0.1) is 0 Å². The lowest BCUT2D eigenvalue weighted by Gasteiger charge is -2.32. The van der Waals surface area contributed by atoms with Crippen molar-refractivity contribution >= 4 is 17.5 Å². The highest BCUT2D eigenvalue weighted by molar-refractivity contribution is 5.82. The van der Waals surface area contributed by atoms with Crippen LogP contribution in [0.5, 0.6) is 0 Å². The fourth-order valence-electron chi connectivity index (χ4n) is 3.29. The number of hydrogen-bond acceptors (Lipinski definition) is 5. The average molecular weight is 458 g/mol. The molecule has 0 aliphatic rings. The van der Waals surface area contributed by atoms with E-state index in [9.17, 15) is 14.4 Å². The summed E-state index contributed by atoms with van der Waals surface area (Å²) in [6.45, 7) is 22.9. The minimum atomic E-state index is -0.530. The number of rotatable bonds is 15. The minimum Gasteiger partial charge on any atom is -0.379 e. The predicted octanol–water partition coefficient (Wildman–Crippen LogP) is 5.22. The molecule has 6 nitrogen and oxygen atoms in total. The second-order valence-corrected chi connectivity index (χ2v) is 10.7. The molecule has 190 valence electrons. The maximum absolute atomic E-state index is 12.9. The number of Topliss-reactive ketones (excluding diaryl/α,β-unsaturated/α-hetero) is 2. The summed E-state index contributed by atoms with van der Waals surface area (Å²) in [6.07, 6.45) is 1.46. The van der Waals surface area contributed by atoms with Crippen LogP contribution in [0.3, 0.4) is 0 Å². The molecule has 1 N–H and O–H groups in total. The molecule has 0 aliphatic heterocycles. The largest absolute Gasteiger partial charge is 0.379 e. The molecule has 1 amide bonds. The summed E-state index contributed by atoms with van der Waals surface area (Å²) in [5.74, 6) is 0.245. The Labute approximate surface area is 197 Å². The zero-order valence-electron chi connectivity index (χ0n) is 22.7. The summed E-state index contributed by atoms with van der Waals surface area (Å²) >= 11 is 0. The Hall–Kier alpha value is -1.27. The van der Waals surface area contributed by atoms with Crippen LogP contribution in [0.25, 0.3) is 0 Å². The lowest BCUT2D eigenvalue weighted by Crippen LogP contribution is -2.48. The number of ether oxygens (including phenoxy) is 2. The van der Waals surface area contributed by atoms with Crippen molar-refractivity contribution in [2.24, 2.45) is 22.7 Å². The van der Waals surface area contributed by atoms with Crippen molar-refractivity contribution in [2.45, 2.75) is 101 Å². The van der Waals surface area contributed by atoms with Gasteiger partial charge in [-0.3, -0.25) is 14.4 Å². The van der Waals surface area contributed by atoms with E-state index in [0.717, 1.165) is 6.42 Å². The van der Waals surface area contributed by atoms with Crippen LogP contribution in [0, 0.1) is 22.7 Å². The number of ketones is 2. The Morgan fingerprint density at radius 2 is 1.12 bits per heavy atom. The fourth-order valence-corrected chi connectivity index (χ4v) is 3.29.